The Morgan fingerprint density at radius 2 is 2.21 bits per heavy atom. The van der Waals surface area contributed by atoms with Crippen LogP contribution in [0, 0.1) is 24.6 Å². The maximum Gasteiger partial charge on any atom is 0.307 e. The number of aliphatic carboxylic acids is 1. The number of nitrogens with zero attached hydrogens (tertiary/aromatic N) is 1. The maximum atomic E-state index is 13.1. The van der Waals surface area contributed by atoms with Gasteiger partial charge in [-0.1, -0.05) is 13.0 Å². The first-order valence-electron chi connectivity index (χ1n) is 6.66. The third kappa shape index (κ3) is 3.53. The molecule has 0 radical (unpaired) electrons. The summed E-state index contributed by atoms with van der Waals surface area (Å²) in [5, 5.41) is 9.15. The summed E-state index contributed by atoms with van der Waals surface area (Å²) in [6.45, 7) is 6.15. The molecule has 0 saturated carbocycles. The second kappa shape index (κ2) is 5.70. The molecule has 19 heavy (non-hydrogen) atoms. The van der Waals surface area contributed by atoms with Gasteiger partial charge in [-0.3, -0.25) is 9.69 Å². The first-order valence-corrected chi connectivity index (χ1v) is 6.66. The molecule has 1 N–H and O–H groups in total. The fourth-order valence-corrected chi connectivity index (χ4v) is 2.85. The van der Waals surface area contributed by atoms with Gasteiger partial charge in [0, 0.05) is 19.6 Å². The molecule has 1 saturated heterocycles. The number of carbonyl (C=O) groups is 1. The maximum absolute atomic E-state index is 13.1. The molecule has 2 rings (SSSR count). The lowest BCUT2D eigenvalue weighted by Crippen LogP contribution is -2.42. The summed E-state index contributed by atoms with van der Waals surface area (Å²) >= 11 is 0. The molecular formula is C15H20FNO2. The number of hydrogen-bond donors (Lipinski definition) is 1. The third-order valence-corrected chi connectivity index (χ3v) is 3.78. The smallest absolute Gasteiger partial charge is 0.307 e. The second-order valence-corrected chi connectivity index (χ2v) is 5.64. The fourth-order valence-electron chi connectivity index (χ4n) is 2.85. The Kier molecular flexibility index (Phi) is 4.20. The molecule has 2 unspecified atom stereocenters. The number of rotatable bonds is 3. The average molecular weight is 265 g/mol. The Bertz CT molecular complexity index is 475. The van der Waals surface area contributed by atoms with Gasteiger partial charge in [-0.05, 0) is 42.5 Å². The number of hydrogen-bond acceptors (Lipinski definition) is 2. The Balaban J connectivity index is 2.07. The molecule has 0 bridgehead atoms. The van der Waals surface area contributed by atoms with Crippen LogP contribution in [0.1, 0.15) is 24.5 Å². The lowest BCUT2D eigenvalue weighted by molar-refractivity contribution is -0.144. The minimum atomic E-state index is -0.715. The van der Waals surface area contributed by atoms with Crippen LogP contribution in [0.2, 0.25) is 0 Å². The van der Waals surface area contributed by atoms with E-state index in [1.165, 1.54) is 12.1 Å². The van der Waals surface area contributed by atoms with Gasteiger partial charge < -0.3 is 5.11 Å². The molecule has 0 aromatic heterocycles. The van der Waals surface area contributed by atoms with Crippen LogP contribution in [0.25, 0.3) is 0 Å². The van der Waals surface area contributed by atoms with Gasteiger partial charge >= 0.3 is 5.97 Å². The molecule has 0 aliphatic carbocycles. The first-order chi connectivity index (χ1) is 8.95. The van der Waals surface area contributed by atoms with Gasteiger partial charge in [-0.2, -0.15) is 0 Å². The van der Waals surface area contributed by atoms with Gasteiger partial charge in [0.05, 0.1) is 5.92 Å². The average Bonchev–Trinajstić information content (AvgIpc) is 2.32. The van der Waals surface area contributed by atoms with Gasteiger partial charge in [0.2, 0.25) is 0 Å². The topological polar surface area (TPSA) is 40.5 Å². The monoisotopic (exact) mass is 265 g/mol. The van der Waals surface area contributed by atoms with Crippen molar-refractivity contribution >= 4 is 5.97 Å². The number of halogens is 1. The zero-order chi connectivity index (χ0) is 14.0. The molecule has 1 aromatic carbocycles. The molecular weight excluding hydrogens is 245 g/mol. The number of carboxylic acid groups (broad SMARTS) is 1. The summed E-state index contributed by atoms with van der Waals surface area (Å²) in [6, 6.07) is 4.78. The SMILES string of the molecule is Cc1cc(F)ccc1CN1CC(C)CC(C(=O)O)C1. The van der Waals surface area contributed by atoms with Gasteiger partial charge in [0.25, 0.3) is 0 Å². The van der Waals surface area contributed by atoms with E-state index in [9.17, 15) is 9.18 Å². The van der Waals surface area contributed by atoms with E-state index >= 15 is 0 Å². The number of likely N-dealkylation sites (tertiary alicyclic amines) is 1. The summed E-state index contributed by atoms with van der Waals surface area (Å²) in [5.41, 5.74) is 1.99. The second-order valence-electron chi connectivity index (χ2n) is 5.64. The summed E-state index contributed by atoms with van der Waals surface area (Å²) in [6.07, 6.45) is 0.744. The Morgan fingerprint density at radius 1 is 1.47 bits per heavy atom. The standard InChI is InChI=1S/C15H20FNO2/c1-10-5-13(15(18)19)9-17(7-10)8-12-3-4-14(16)6-11(12)2/h3-4,6,10,13H,5,7-9H2,1-2H3,(H,18,19). The van der Waals surface area contributed by atoms with E-state index < -0.39 is 5.97 Å². The molecule has 0 spiro atoms. The van der Waals surface area contributed by atoms with Crippen LogP contribution in [0.5, 0.6) is 0 Å². The van der Waals surface area contributed by atoms with Gasteiger partial charge in [0.15, 0.2) is 0 Å². The highest BCUT2D eigenvalue weighted by molar-refractivity contribution is 5.70. The van der Waals surface area contributed by atoms with Crippen molar-refractivity contribution < 1.29 is 14.3 Å². The Morgan fingerprint density at radius 3 is 2.84 bits per heavy atom. The van der Waals surface area contributed by atoms with E-state index in [1.54, 1.807) is 6.07 Å². The molecule has 1 aliphatic rings. The predicted octanol–water partition coefficient (Wildman–Crippen LogP) is 2.68. The van der Waals surface area contributed by atoms with Crippen LogP contribution in [0.15, 0.2) is 18.2 Å². The van der Waals surface area contributed by atoms with Crippen molar-refractivity contribution in [3.05, 3.63) is 35.1 Å². The normalized spacial score (nSPS) is 24.4. The zero-order valence-corrected chi connectivity index (χ0v) is 11.4. The van der Waals surface area contributed by atoms with Crippen molar-refractivity contribution in [2.75, 3.05) is 13.1 Å². The number of piperidine rings is 1. The van der Waals surface area contributed by atoms with Crippen molar-refractivity contribution in [3.8, 4) is 0 Å². The predicted molar refractivity (Wildman–Crippen MR) is 71.3 cm³/mol. The largest absolute Gasteiger partial charge is 0.481 e. The zero-order valence-electron chi connectivity index (χ0n) is 11.4. The minimum Gasteiger partial charge on any atom is -0.481 e. The van der Waals surface area contributed by atoms with Crippen molar-refractivity contribution in [1.29, 1.82) is 0 Å². The number of carboxylic acids is 1. The van der Waals surface area contributed by atoms with Crippen molar-refractivity contribution in [2.45, 2.75) is 26.8 Å². The van der Waals surface area contributed by atoms with Crippen molar-refractivity contribution in [1.82, 2.24) is 4.90 Å². The van der Waals surface area contributed by atoms with Crippen molar-refractivity contribution in [2.24, 2.45) is 11.8 Å². The fraction of sp³-hybridized carbons (Fsp3) is 0.533. The minimum absolute atomic E-state index is 0.225. The molecule has 1 fully saturated rings. The highest BCUT2D eigenvalue weighted by Gasteiger charge is 2.29. The number of benzene rings is 1. The van der Waals surface area contributed by atoms with Crippen LogP contribution in [-0.4, -0.2) is 29.1 Å². The molecule has 2 atom stereocenters. The number of aryl methyl sites for hydroxylation is 1. The molecule has 0 amide bonds. The highest BCUT2D eigenvalue weighted by atomic mass is 19.1. The molecule has 1 aromatic rings. The molecule has 1 heterocycles. The Hall–Kier alpha value is -1.42. The van der Waals surface area contributed by atoms with Crippen LogP contribution in [-0.2, 0) is 11.3 Å². The highest BCUT2D eigenvalue weighted by Crippen LogP contribution is 2.24. The molecule has 4 heteroatoms. The van der Waals surface area contributed by atoms with Crippen LogP contribution in [0.3, 0.4) is 0 Å². The van der Waals surface area contributed by atoms with E-state index in [2.05, 4.69) is 11.8 Å². The van der Waals surface area contributed by atoms with Gasteiger partial charge in [-0.25, -0.2) is 4.39 Å². The molecule has 1 aliphatic heterocycles. The summed E-state index contributed by atoms with van der Waals surface area (Å²) in [5.74, 6) is -0.843. The van der Waals surface area contributed by atoms with Gasteiger partial charge in [0.1, 0.15) is 5.82 Å². The van der Waals surface area contributed by atoms with Gasteiger partial charge in [-0.15, -0.1) is 0 Å². The first kappa shape index (κ1) is 14.0. The molecule has 104 valence electrons. The molecule has 3 nitrogen and oxygen atoms in total. The summed E-state index contributed by atoms with van der Waals surface area (Å²) < 4.78 is 13.1. The van der Waals surface area contributed by atoms with E-state index in [4.69, 9.17) is 5.11 Å². The van der Waals surface area contributed by atoms with Crippen molar-refractivity contribution in [3.63, 3.8) is 0 Å². The van der Waals surface area contributed by atoms with E-state index in [0.717, 1.165) is 24.1 Å². The van der Waals surface area contributed by atoms with Crippen LogP contribution >= 0.6 is 0 Å². The summed E-state index contributed by atoms with van der Waals surface area (Å²) in [4.78, 5) is 13.3. The quantitative estimate of drug-likeness (QED) is 0.913. The van der Waals surface area contributed by atoms with Crippen LogP contribution < -0.4 is 0 Å². The lowest BCUT2D eigenvalue weighted by Gasteiger charge is -2.34. The summed E-state index contributed by atoms with van der Waals surface area (Å²) in [7, 11) is 0. The third-order valence-electron chi connectivity index (χ3n) is 3.78. The lowest BCUT2D eigenvalue weighted by atomic mass is 9.90. The van der Waals surface area contributed by atoms with E-state index in [-0.39, 0.29) is 11.7 Å². The van der Waals surface area contributed by atoms with Crippen LogP contribution in [0.4, 0.5) is 4.39 Å². The van der Waals surface area contributed by atoms with E-state index in [0.29, 0.717) is 19.0 Å². The van der Waals surface area contributed by atoms with E-state index in [1.807, 2.05) is 6.92 Å². The Labute approximate surface area is 113 Å².